The van der Waals surface area contributed by atoms with Gasteiger partial charge in [-0.05, 0) is 31.4 Å². The highest BCUT2D eigenvalue weighted by molar-refractivity contribution is 5.83. The summed E-state index contributed by atoms with van der Waals surface area (Å²) >= 11 is 0. The fraction of sp³-hybridized carbons (Fsp3) is 0.533. The van der Waals surface area contributed by atoms with Crippen LogP contribution in [0.15, 0.2) is 18.2 Å². The van der Waals surface area contributed by atoms with Crippen molar-refractivity contribution in [2.24, 2.45) is 0 Å². The van der Waals surface area contributed by atoms with Crippen molar-refractivity contribution in [2.75, 3.05) is 7.11 Å². The summed E-state index contributed by atoms with van der Waals surface area (Å²) in [5.74, 6) is -0.400. The third-order valence-electron chi connectivity index (χ3n) is 4.05. The fourth-order valence-corrected chi connectivity index (χ4v) is 3.11. The molecule has 0 bridgehead atoms. The van der Waals surface area contributed by atoms with Crippen molar-refractivity contribution in [3.05, 3.63) is 29.3 Å². The maximum Gasteiger partial charge on any atom is 0.314 e. The fourth-order valence-electron chi connectivity index (χ4n) is 3.11. The summed E-state index contributed by atoms with van der Waals surface area (Å²) in [6.07, 6.45) is 1.58. The molecule has 0 radical (unpaired) electrons. The number of alkyl halides is 1. The molecular weight excluding hydrogens is 247 g/mol. The average Bonchev–Trinajstić information content (AvgIpc) is 2.88. The summed E-state index contributed by atoms with van der Waals surface area (Å²) in [5, 5.41) is 9.67. The van der Waals surface area contributed by atoms with E-state index >= 15 is 0 Å². The number of methoxy groups -OCH3 is 1. The molecule has 1 unspecified atom stereocenters. The number of halogens is 1. The number of ether oxygens (including phenoxy) is 1. The van der Waals surface area contributed by atoms with Gasteiger partial charge in [-0.3, -0.25) is 4.79 Å². The van der Waals surface area contributed by atoms with Gasteiger partial charge in [0.25, 0.3) is 0 Å². The molecule has 0 saturated heterocycles. The van der Waals surface area contributed by atoms with Gasteiger partial charge in [-0.15, -0.1) is 0 Å². The third kappa shape index (κ3) is 2.20. The first kappa shape index (κ1) is 13.8. The van der Waals surface area contributed by atoms with Crippen molar-refractivity contribution in [1.29, 1.82) is 0 Å². The van der Waals surface area contributed by atoms with E-state index in [1.165, 1.54) is 14.0 Å². The van der Waals surface area contributed by atoms with Crippen LogP contribution in [0.25, 0.3) is 0 Å². The molecule has 0 heterocycles. The summed E-state index contributed by atoms with van der Waals surface area (Å²) in [6.45, 7) is 1.43. The van der Waals surface area contributed by atoms with E-state index in [4.69, 9.17) is 4.74 Å². The Morgan fingerprint density at radius 3 is 2.53 bits per heavy atom. The Balaban J connectivity index is 2.67. The van der Waals surface area contributed by atoms with E-state index in [2.05, 4.69) is 0 Å². The Hall–Kier alpha value is -1.58. The topological polar surface area (TPSA) is 46.5 Å². The summed E-state index contributed by atoms with van der Waals surface area (Å²) < 4.78 is 19.1. The molecule has 4 heteroatoms. The summed E-state index contributed by atoms with van der Waals surface area (Å²) in [7, 11) is 1.50. The van der Waals surface area contributed by atoms with Crippen LogP contribution in [0.4, 0.5) is 4.39 Å². The lowest BCUT2D eigenvalue weighted by Crippen LogP contribution is -2.34. The first-order valence-electron chi connectivity index (χ1n) is 6.58. The number of carboxylic acid groups (broad SMARTS) is 1. The van der Waals surface area contributed by atoms with Crippen molar-refractivity contribution >= 4 is 5.97 Å². The largest absolute Gasteiger partial charge is 0.496 e. The van der Waals surface area contributed by atoms with Crippen molar-refractivity contribution < 1.29 is 19.0 Å². The predicted molar refractivity (Wildman–Crippen MR) is 70.3 cm³/mol. The van der Waals surface area contributed by atoms with Crippen molar-refractivity contribution in [2.45, 2.75) is 44.2 Å². The average molecular weight is 266 g/mol. The summed E-state index contributed by atoms with van der Waals surface area (Å²) in [5.41, 5.74) is -0.0383. The molecule has 19 heavy (non-hydrogen) atoms. The van der Waals surface area contributed by atoms with Gasteiger partial charge in [-0.2, -0.15) is 0 Å². The van der Waals surface area contributed by atoms with Gasteiger partial charge in [0.15, 0.2) is 0 Å². The van der Waals surface area contributed by atoms with E-state index in [0.29, 0.717) is 29.7 Å². The van der Waals surface area contributed by atoms with E-state index in [1.54, 1.807) is 18.2 Å². The highest BCUT2D eigenvalue weighted by Crippen LogP contribution is 2.48. The van der Waals surface area contributed by atoms with Crippen LogP contribution < -0.4 is 4.74 Å². The van der Waals surface area contributed by atoms with E-state index < -0.39 is 17.6 Å². The lowest BCUT2D eigenvalue weighted by molar-refractivity contribution is -0.143. The van der Waals surface area contributed by atoms with Crippen LogP contribution in [-0.2, 0) is 10.2 Å². The van der Waals surface area contributed by atoms with E-state index in [9.17, 15) is 14.3 Å². The van der Waals surface area contributed by atoms with Crippen LogP contribution >= 0.6 is 0 Å². The van der Waals surface area contributed by atoms with Gasteiger partial charge in [-0.25, -0.2) is 4.39 Å². The molecule has 1 aliphatic carbocycles. The Bertz CT molecular complexity index is 476. The van der Waals surface area contributed by atoms with Crippen molar-refractivity contribution in [1.82, 2.24) is 0 Å². The Morgan fingerprint density at radius 1 is 1.42 bits per heavy atom. The first-order valence-corrected chi connectivity index (χ1v) is 6.58. The van der Waals surface area contributed by atoms with Crippen LogP contribution in [0.3, 0.4) is 0 Å². The zero-order chi connectivity index (χ0) is 14.0. The molecule has 0 amide bonds. The molecule has 1 saturated carbocycles. The minimum absolute atomic E-state index is 0.434. The molecule has 0 aromatic heterocycles. The Kier molecular flexibility index (Phi) is 3.78. The van der Waals surface area contributed by atoms with Crippen molar-refractivity contribution in [3.63, 3.8) is 0 Å². The predicted octanol–water partition coefficient (Wildman–Crippen LogP) is 3.62. The lowest BCUT2D eigenvalue weighted by Gasteiger charge is -2.29. The monoisotopic (exact) mass is 266 g/mol. The lowest BCUT2D eigenvalue weighted by atomic mass is 9.75. The summed E-state index contributed by atoms with van der Waals surface area (Å²) in [6, 6.07) is 5.08. The number of rotatable bonds is 4. The molecule has 3 nitrogen and oxygen atoms in total. The van der Waals surface area contributed by atoms with Gasteiger partial charge in [0, 0.05) is 5.56 Å². The van der Waals surface area contributed by atoms with Crippen LogP contribution in [0, 0.1) is 0 Å². The maximum atomic E-state index is 13.8. The molecule has 1 aromatic rings. The third-order valence-corrected chi connectivity index (χ3v) is 4.05. The SMILES string of the molecule is COc1cccc(C(C)F)c1C1(C(=O)O)CCCC1. The highest BCUT2D eigenvalue weighted by atomic mass is 19.1. The number of carboxylic acids is 1. The first-order chi connectivity index (χ1) is 9.03. The molecule has 2 rings (SSSR count). The minimum atomic E-state index is -1.21. The number of benzene rings is 1. The molecule has 1 atom stereocenters. The molecule has 1 fully saturated rings. The molecule has 1 aromatic carbocycles. The van der Waals surface area contributed by atoms with Gasteiger partial charge in [0.2, 0.25) is 0 Å². The van der Waals surface area contributed by atoms with E-state index in [1.807, 2.05) is 0 Å². The van der Waals surface area contributed by atoms with E-state index in [-0.39, 0.29) is 0 Å². The second-order valence-electron chi connectivity index (χ2n) is 5.13. The normalized spacial score (nSPS) is 19.1. The number of carbonyl (C=O) groups is 1. The Morgan fingerprint density at radius 2 is 2.05 bits per heavy atom. The molecule has 1 N–H and O–H groups in total. The molecule has 104 valence electrons. The smallest absolute Gasteiger partial charge is 0.314 e. The van der Waals surface area contributed by atoms with Crippen LogP contribution in [0.1, 0.15) is 49.9 Å². The van der Waals surface area contributed by atoms with Gasteiger partial charge in [0.1, 0.15) is 11.9 Å². The number of hydrogen-bond acceptors (Lipinski definition) is 2. The standard InChI is InChI=1S/C15H19FO3/c1-10(16)11-6-5-7-12(19-2)13(11)15(14(17)18)8-3-4-9-15/h5-7,10H,3-4,8-9H2,1-2H3,(H,17,18). The van der Waals surface area contributed by atoms with Crippen LogP contribution in [0.5, 0.6) is 5.75 Å². The minimum Gasteiger partial charge on any atom is -0.496 e. The van der Waals surface area contributed by atoms with Crippen LogP contribution in [-0.4, -0.2) is 18.2 Å². The van der Waals surface area contributed by atoms with Gasteiger partial charge in [0.05, 0.1) is 12.5 Å². The second kappa shape index (κ2) is 5.19. The van der Waals surface area contributed by atoms with Crippen LogP contribution in [0.2, 0.25) is 0 Å². The van der Waals surface area contributed by atoms with Gasteiger partial charge >= 0.3 is 5.97 Å². The zero-order valence-corrected chi connectivity index (χ0v) is 11.3. The van der Waals surface area contributed by atoms with E-state index in [0.717, 1.165) is 12.8 Å². The quantitative estimate of drug-likeness (QED) is 0.905. The Labute approximate surface area is 112 Å². The molecule has 0 aliphatic heterocycles. The van der Waals surface area contributed by atoms with Crippen molar-refractivity contribution in [3.8, 4) is 5.75 Å². The molecular formula is C15H19FO3. The summed E-state index contributed by atoms with van der Waals surface area (Å²) in [4.78, 5) is 11.8. The number of hydrogen-bond donors (Lipinski definition) is 1. The number of aliphatic carboxylic acids is 1. The molecule has 0 spiro atoms. The second-order valence-corrected chi connectivity index (χ2v) is 5.13. The zero-order valence-electron chi connectivity index (χ0n) is 11.3. The van der Waals surface area contributed by atoms with Gasteiger partial charge in [-0.1, -0.05) is 25.0 Å². The maximum absolute atomic E-state index is 13.8. The molecule has 1 aliphatic rings. The highest BCUT2D eigenvalue weighted by Gasteiger charge is 2.46. The van der Waals surface area contributed by atoms with Gasteiger partial charge < -0.3 is 9.84 Å².